The predicted molar refractivity (Wildman–Crippen MR) is 170 cm³/mol. The summed E-state index contributed by atoms with van der Waals surface area (Å²) in [5.74, 6) is 1.67. The van der Waals surface area contributed by atoms with Crippen molar-refractivity contribution in [2.45, 2.75) is 151 Å². The lowest BCUT2D eigenvalue weighted by Gasteiger charge is -2.41. The van der Waals surface area contributed by atoms with Gasteiger partial charge in [-0.1, -0.05) is 110 Å². The van der Waals surface area contributed by atoms with Gasteiger partial charge in [-0.15, -0.1) is 0 Å². The molecule has 0 spiro atoms. The Morgan fingerprint density at radius 2 is 1.25 bits per heavy atom. The monoisotopic (exact) mass is 562 g/mol. The fourth-order valence-electron chi connectivity index (χ4n) is 6.71. The van der Waals surface area contributed by atoms with Gasteiger partial charge in [-0.3, -0.25) is 4.79 Å². The lowest BCUT2D eigenvalue weighted by atomic mass is 9.65. The normalized spacial score (nSPS) is 24.3. The standard InChI is InChI=1S/C19H34O2.C17H32O2/c1-4-5-6-7-8-9-10-13-19(3,15-20)17-12-11-16(2)18(21)14-17;1-4-5-6-10-17(3,13-19)16-8-7-14(2)15(12-16)9-11-18/h11,17,20H,4-10,12-15H2,1-3H3;7,15-16,18-19H,4-6,8-13H2,1-3H3/t17-,19?;15?,16-,17?/m11/s1. The largest absolute Gasteiger partial charge is 0.396 e. The first kappa shape index (κ1) is 37.1. The molecule has 0 bridgehead atoms. The van der Waals surface area contributed by atoms with Gasteiger partial charge in [0.05, 0.1) is 0 Å². The molecule has 2 aliphatic carbocycles. The van der Waals surface area contributed by atoms with E-state index in [9.17, 15) is 20.1 Å². The number of rotatable bonds is 18. The molecule has 0 radical (unpaired) electrons. The molecule has 2 rings (SSSR count). The van der Waals surface area contributed by atoms with Crippen molar-refractivity contribution in [3.8, 4) is 0 Å². The molecule has 3 N–H and O–H groups in total. The molecule has 3 unspecified atom stereocenters. The number of carbonyl (C=O) groups excluding carboxylic acids is 1. The molecule has 0 aromatic heterocycles. The second kappa shape index (κ2) is 20.0. The number of carbonyl (C=O) groups is 1. The average molecular weight is 563 g/mol. The van der Waals surface area contributed by atoms with Crippen LogP contribution in [0.1, 0.15) is 151 Å². The highest BCUT2D eigenvalue weighted by atomic mass is 16.3. The molecule has 0 aromatic carbocycles. The van der Waals surface area contributed by atoms with Crippen LogP contribution in [0.4, 0.5) is 0 Å². The molecule has 234 valence electrons. The molecular formula is C36H66O4. The topological polar surface area (TPSA) is 77.8 Å². The van der Waals surface area contributed by atoms with Crippen LogP contribution in [0.25, 0.3) is 0 Å². The first-order valence-corrected chi connectivity index (χ1v) is 16.8. The van der Waals surface area contributed by atoms with E-state index < -0.39 is 0 Å². The van der Waals surface area contributed by atoms with Crippen LogP contribution in [0, 0.1) is 28.6 Å². The Hall–Kier alpha value is -0.970. The third-order valence-corrected chi connectivity index (χ3v) is 10.4. The summed E-state index contributed by atoms with van der Waals surface area (Å²) < 4.78 is 0. The van der Waals surface area contributed by atoms with Crippen LogP contribution < -0.4 is 0 Å². The highest BCUT2D eigenvalue weighted by Gasteiger charge is 2.37. The lowest BCUT2D eigenvalue weighted by molar-refractivity contribution is -0.118. The van der Waals surface area contributed by atoms with Crippen molar-refractivity contribution in [2.24, 2.45) is 28.6 Å². The molecule has 5 atom stereocenters. The van der Waals surface area contributed by atoms with Gasteiger partial charge in [-0.2, -0.15) is 0 Å². The van der Waals surface area contributed by atoms with E-state index in [0.717, 1.165) is 44.1 Å². The van der Waals surface area contributed by atoms with Crippen molar-refractivity contribution < 1.29 is 20.1 Å². The molecular weight excluding hydrogens is 496 g/mol. The van der Waals surface area contributed by atoms with Gasteiger partial charge < -0.3 is 15.3 Å². The molecule has 0 amide bonds. The van der Waals surface area contributed by atoms with E-state index in [0.29, 0.717) is 30.8 Å². The Balaban J connectivity index is 0.000000402. The van der Waals surface area contributed by atoms with E-state index in [2.05, 4.69) is 46.8 Å². The zero-order valence-electron chi connectivity index (χ0n) is 27.3. The van der Waals surface area contributed by atoms with Crippen molar-refractivity contribution in [2.75, 3.05) is 19.8 Å². The van der Waals surface area contributed by atoms with Crippen LogP contribution in [0.5, 0.6) is 0 Å². The van der Waals surface area contributed by atoms with E-state index in [4.69, 9.17) is 0 Å². The van der Waals surface area contributed by atoms with Crippen LogP contribution in [-0.4, -0.2) is 40.9 Å². The maximum Gasteiger partial charge on any atom is 0.158 e. The predicted octanol–water partition coefficient (Wildman–Crippen LogP) is 8.97. The van der Waals surface area contributed by atoms with E-state index in [1.807, 2.05) is 6.92 Å². The molecule has 4 nitrogen and oxygen atoms in total. The molecule has 0 aromatic rings. The number of allylic oxidation sites excluding steroid dienone is 4. The minimum absolute atomic E-state index is 0.0556. The van der Waals surface area contributed by atoms with Gasteiger partial charge in [0.25, 0.3) is 0 Å². The van der Waals surface area contributed by atoms with E-state index in [1.54, 1.807) is 0 Å². The quantitative estimate of drug-likeness (QED) is 0.115. The van der Waals surface area contributed by atoms with Crippen LogP contribution in [0.2, 0.25) is 0 Å². The Labute approximate surface area is 248 Å². The van der Waals surface area contributed by atoms with Gasteiger partial charge >= 0.3 is 0 Å². The molecule has 2 aliphatic rings. The van der Waals surface area contributed by atoms with Crippen molar-refractivity contribution in [3.05, 3.63) is 23.3 Å². The van der Waals surface area contributed by atoms with Gasteiger partial charge in [0, 0.05) is 26.2 Å². The summed E-state index contributed by atoms with van der Waals surface area (Å²) in [5.41, 5.74) is 2.30. The zero-order valence-corrected chi connectivity index (χ0v) is 27.3. The molecule has 40 heavy (non-hydrogen) atoms. The summed E-state index contributed by atoms with van der Waals surface area (Å²) in [7, 11) is 0. The summed E-state index contributed by atoms with van der Waals surface area (Å²) in [6.07, 6.45) is 24.0. The second-order valence-corrected chi connectivity index (χ2v) is 13.7. The Morgan fingerprint density at radius 1 is 0.750 bits per heavy atom. The third kappa shape index (κ3) is 12.5. The summed E-state index contributed by atoms with van der Waals surface area (Å²) in [6, 6.07) is 0. The van der Waals surface area contributed by atoms with Crippen LogP contribution in [0.15, 0.2) is 23.3 Å². The van der Waals surface area contributed by atoms with Crippen LogP contribution in [0.3, 0.4) is 0 Å². The van der Waals surface area contributed by atoms with Crippen molar-refractivity contribution >= 4 is 5.78 Å². The summed E-state index contributed by atoms with van der Waals surface area (Å²) >= 11 is 0. The van der Waals surface area contributed by atoms with Gasteiger partial charge in [0.15, 0.2) is 5.78 Å². The van der Waals surface area contributed by atoms with Crippen molar-refractivity contribution in [3.63, 3.8) is 0 Å². The first-order chi connectivity index (χ1) is 19.1. The fourth-order valence-corrected chi connectivity index (χ4v) is 6.71. The smallest absolute Gasteiger partial charge is 0.158 e. The molecule has 4 heteroatoms. The molecule has 0 saturated heterocycles. The number of hydrogen-bond donors (Lipinski definition) is 3. The maximum absolute atomic E-state index is 11.9. The summed E-state index contributed by atoms with van der Waals surface area (Å²) in [4.78, 5) is 11.9. The SMILES string of the molecule is CCCCCC(C)(CO)[C@@H]1CC=C(C)C(CCO)C1.CCCCCCCCCC(C)(CO)[C@@H]1CC=C(C)C(=O)C1. The van der Waals surface area contributed by atoms with Gasteiger partial charge in [-0.05, 0) is 86.5 Å². The zero-order chi connectivity index (χ0) is 30.0. The molecule has 0 aliphatic heterocycles. The minimum Gasteiger partial charge on any atom is -0.396 e. The molecule has 0 heterocycles. The first-order valence-electron chi connectivity index (χ1n) is 16.8. The van der Waals surface area contributed by atoms with Gasteiger partial charge in [0.1, 0.15) is 0 Å². The van der Waals surface area contributed by atoms with E-state index in [-0.39, 0.29) is 29.8 Å². The highest BCUT2D eigenvalue weighted by molar-refractivity contribution is 5.95. The molecule has 0 fully saturated rings. The average Bonchev–Trinajstić information content (AvgIpc) is 2.95. The van der Waals surface area contributed by atoms with Gasteiger partial charge in [-0.25, -0.2) is 0 Å². The number of hydrogen-bond acceptors (Lipinski definition) is 4. The fraction of sp³-hybridized carbons (Fsp3) is 0.861. The molecule has 0 saturated carbocycles. The van der Waals surface area contributed by atoms with Crippen LogP contribution in [-0.2, 0) is 4.79 Å². The van der Waals surface area contributed by atoms with Crippen molar-refractivity contribution in [1.29, 1.82) is 0 Å². The van der Waals surface area contributed by atoms with Crippen molar-refractivity contribution in [1.82, 2.24) is 0 Å². The Morgan fingerprint density at radius 3 is 1.80 bits per heavy atom. The number of aliphatic hydroxyl groups is 3. The number of aliphatic hydroxyl groups excluding tert-OH is 3. The number of unbranched alkanes of at least 4 members (excludes halogenated alkanes) is 8. The third-order valence-electron chi connectivity index (χ3n) is 10.4. The number of Topliss-reactive ketones (excluding diaryl/α,β-unsaturated/α-hetero) is 1. The van der Waals surface area contributed by atoms with Gasteiger partial charge in [0.2, 0.25) is 0 Å². The second-order valence-electron chi connectivity index (χ2n) is 13.7. The summed E-state index contributed by atoms with van der Waals surface area (Å²) in [6.45, 7) is 13.7. The number of ketones is 1. The maximum atomic E-state index is 11.9. The highest BCUT2D eigenvalue weighted by Crippen LogP contribution is 2.44. The minimum atomic E-state index is -0.0870. The van der Waals surface area contributed by atoms with E-state index >= 15 is 0 Å². The Kier molecular flexibility index (Phi) is 18.6. The summed E-state index contributed by atoms with van der Waals surface area (Å²) in [5, 5.41) is 28.9. The lowest BCUT2D eigenvalue weighted by Crippen LogP contribution is -2.34. The van der Waals surface area contributed by atoms with E-state index in [1.165, 1.54) is 69.8 Å². The Bertz CT molecular complexity index is 756. The van der Waals surface area contributed by atoms with Crippen LogP contribution >= 0.6 is 0 Å².